The van der Waals surface area contributed by atoms with Gasteiger partial charge in [-0.15, -0.1) is 0 Å². The number of nitrogens with zero attached hydrogens (tertiary/aromatic N) is 2. The second kappa shape index (κ2) is 9.66. The molecule has 0 bridgehead atoms. The number of rotatable bonds is 5. The summed E-state index contributed by atoms with van der Waals surface area (Å²) in [5, 5.41) is 0.425. The fourth-order valence-electron chi connectivity index (χ4n) is 2.91. The summed E-state index contributed by atoms with van der Waals surface area (Å²) in [7, 11) is 0. The minimum absolute atomic E-state index is 0.00533. The highest BCUT2D eigenvalue weighted by Crippen LogP contribution is 2.24. The van der Waals surface area contributed by atoms with E-state index in [1.807, 2.05) is 45.1 Å². The number of pyridine rings is 1. The van der Waals surface area contributed by atoms with E-state index < -0.39 is 5.60 Å². The summed E-state index contributed by atoms with van der Waals surface area (Å²) in [6.07, 6.45) is 11.1. The Hall–Kier alpha value is -2.01. The van der Waals surface area contributed by atoms with Crippen LogP contribution >= 0.6 is 11.6 Å². The fourth-order valence-corrected chi connectivity index (χ4v) is 3.07. The maximum atomic E-state index is 12.4. The van der Waals surface area contributed by atoms with Crippen LogP contribution in [0.3, 0.4) is 0 Å². The molecular weight excluding hydrogens is 388 g/mol. The van der Waals surface area contributed by atoms with Gasteiger partial charge in [-0.1, -0.05) is 56.7 Å². The fraction of sp³-hybridized carbons (Fsp3) is 0.565. The number of allylic oxidation sites excluding steroid dienone is 3. The first kappa shape index (κ1) is 23.3. The molecule has 1 fully saturated rings. The van der Waals surface area contributed by atoms with Crippen LogP contribution < -0.4 is 4.74 Å². The number of aromatic nitrogens is 1. The highest BCUT2D eigenvalue weighted by molar-refractivity contribution is 6.30. The van der Waals surface area contributed by atoms with Gasteiger partial charge in [0.05, 0.1) is 12.2 Å². The Morgan fingerprint density at radius 1 is 1.28 bits per heavy atom. The van der Waals surface area contributed by atoms with Gasteiger partial charge in [-0.25, -0.2) is 9.78 Å². The number of carbonyl (C=O) groups is 1. The molecule has 1 aliphatic heterocycles. The normalized spacial score (nSPS) is 18.0. The lowest BCUT2D eigenvalue weighted by Crippen LogP contribution is -2.42. The summed E-state index contributed by atoms with van der Waals surface area (Å²) in [6.45, 7) is 13.1. The van der Waals surface area contributed by atoms with Crippen LogP contribution in [0, 0.1) is 5.41 Å². The van der Waals surface area contributed by atoms with E-state index in [0.717, 1.165) is 18.4 Å². The topological polar surface area (TPSA) is 51.7 Å². The lowest BCUT2D eigenvalue weighted by atomic mass is 9.96. The van der Waals surface area contributed by atoms with Crippen molar-refractivity contribution in [3.05, 3.63) is 41.2 Å². The molecule has 29 heavy (non-hydrogen) atoms. The van der Waals surface area contributed by atoms with E-state index in [0.29, 0.717) is 24.1 Å². The summed E-state index contributed by atoms with van der Waals surface area (Å²) >= 11 is 6.21. The number of halogens is 1. The summed E-state index contributed by atoms with van der Waals surface area (Å²) in [6, 6.07) is 1.86. The van der Waals surface area contributed by atoms with Crippen molar-refractivity contribution >= 4 is 23.8 Å². The lowest BCUT2D eigenvalue weighted by Gasteiger charge is -2.28. The molecule has 0 aromatic carbocycles. The second-order valence-corrected chi connectivity index (χ2v) is 9.77. The van der Waals surface area contributed by atoms with Gasteiger partial charge in [-0.3, -0.25) is 0 Å². The summed E-state index contributed by atoms with van der Waals surface area (Å²) < 4.78 is 11.4. The standard InChI is InChI=1S/C23H33ClN2O3/c1-22(2,3)12-8-7-10-17-14-19(15-25-20(17)24)28-16-18-11-9-13-26(18)21(27)29-23(4,5)6/h7-8,10,12,14-15,18H,9,11,13,16H2,1-6H3/b10-7+,12-8+/t18-/m1/s1. The van der Waals surface area contributed by atoms with Crippen molar-refractivity contribution < 1.29 is 14.3 Å². The molecule has 1 saturated heterocycles. The van der Waals surface area contributed by atoms with E-state index >= 15 is 0 Å². The zero-order valence-corrected chi connectivity index (χ0v) is 19.1. The number of amides is 1. The number of carbonyl (C=O) groups excluding carboxylic acids is 1. The Kier molecular flexibility index (Phi) is 7.75. The van der Waals surface area contributed by atoms with Crippen molar-refractivity contribution in [1.82, 2.24) is 9.88 Å². The van der Waals surface area contributed by atoms with Gasteiger partial charge in [-0.2, -0.15) is 0 Å². The Balaban J connectivity index is 1.99. The second-order valence-electron chi connectivity index (χ2n) is 9.42. The van der Waals surface area contributed by atoms with E-state index in [4.69, 9.17) is 21.1 Å². The quantitative estimate of drug-likeness (QED) is 0.424. The molecule has 160 valence electrons. The Morgan fingerprint density at radius 2 is 2.00 bits per heavy atom. The van der Waals surface area contributed by atoms with Crippen molar-refractivity contribution in [2.24, 2.45) is 5.41 Å². The summed E-state index contributed by atoms with van der Waals surface area (Å²) in [5.74, 6) is 0.630. The monoisotopic (exact) mass is 420 g/mol. The van der Waals surface area contributed by atoms with Gasteiger partial charge in [0.25, 0.3) is 0 Å². The van der Waals surface area contributed by atoms with E-state index in [9.17, 15) is 4.79 Å². The smallest absolute Gasteiger partial charge is 0.410 e. The van der Waals surface area contributed by atoms with Crippen LogP contribution in [0.2, 0.25) is 5.15 Å². The minimum atomic E-state index is -0.506. The number of hydrogen-bond acceptors (Lipinski definition) is 4. The molecule has 1 atom stereocenters. The first-order valence-corrected chi connectivity index (χ1v) is 10.5. The third kappa shape index (κ3) is 8.09. The first-order chi connectivity index (χ1) is 13.4. The molecule has 1 amide bonds. The van der Waals surface area contributed by atoms with Crippen molar-refractivity contribution in [1.29, 1.82) is 0 Å². The van der Waals surface area contributed by atoms with E-state index in [1.165, 1.54) is 0 Å². The molecule has 1 aromatic heterocycles. The SMILES string of the molecule is CC(C)(C)/C=C/C=C/c1cc(OC[C@H]2CCCN2C(=O)OC(C)(C)C)cnc1Cl. The van der Waals surface area contributed by atoms with Gasteiger partial charge >= 0.3 is 6.09 Å². The van der Waals surface area contributed by atoms with Crippen LogP contribution in [0.4, 0.5) is 4.79 Å². The molecule has 0 saturated carbocycles. The molecule has 1 aromatic rings. The minimum Gasteiger partial charge on any atom is -0.490 e. The van der Waals surface area contributed by atoms with Crippen LogP contribution in [0.15, 0.2) is 30.5 Å². The van der Waals surface area contributed by atoms with Crippen LogP contribution in [0.5, 0.6) is 5.75 Å². The maximum absolute atomic E-state index is 12.4. The van der Waals surface area contributed by atoms with Crippen molar-refractivity contribution in [3.8, 4) is 5.75 Å². The van der Waals surface area contributed by atoms with Gasteiger partial charge in [0, 0.05) is 12.1 Å². The third-order valence-corrected chi connectivity index (χ3v) is 4.59. The Bertz CT molecular complexity index is 760. The third-order valence-electron chi connectivity index (χ3n) is 4.27. The highest BCUT2D eigenvalue weighted by Gasteiger charge is 2.32. The zero-order valence-electron chi connectivity index (χ0n) is 18.4. The first-order valence-electron chi connectivity index (χ1n) is 10.1. The van der Waals surface area contributed by atoms with Gasteiger partial charge in [0.15, 0.2) is 0 Å². The molecule has 0 spiro atoms. The van der Waals surface area contributed by atoms with Gasteiger partial charge < -0.3 is 14.4 Å². The molecule has 5 nitrogen and oxygen atoms in total. The predicted octanol–water partition coefficient (Wildman–Crippen LogP) is 6.13. The van der Waals surface area contributed by atoms with Gasteiger partial charge in [-0.05, 0) is 45.1 Å². The molecule has 0 N–H and O–H groups in total. The van der Waals surface area contributed by atoms with Gasteiger partial charge in [0.1, 0.15) is 23.1 Å². The van der Waals surface area contributed by atoms with E-state index in [2.05, 4.69) is 31.8 Å². The predicted molar refractivity (Wildman–Crippen MR) is 118 cm³/mol. The molecule has 2 heterocycles. The molecular formula is C23H33ClN2O3. The van der Waals surface area contributed by atoms with Crippen molar-refractivity contribution in [2.75, 3.05) is 13.2 Å². The average molecular weight is 421 g/mol. The zero-order chi connectivity index (χ0) is 21.7. The summed E-state index contributed by atoms with van der Waals surface area (Å²) in [4.78, 5) is 18.4. The van der Waals surface area contributed by atoms with E-state index in [1.54, 1.807) is 11.1 Å². The van der Waals surface area contributed by atoms with Crippen LogP contribution in [0.25, 0.3) is 6.08 Å². The molecule has 0 unspecified atom stereocenters. The number of likely N-dealkylation sites (tertiary alicyclic amines) is 1. The molecule has 0 radical (unpaired) electrons. The number of hydrogen-bond donors (Lipinski definition) is 0. The van der Waals surface area contributed by atoms with E-state index in [-0.39, 0.29) is 17.6 Å². The van der Waals surface area contributed by atoms with Crippen LogP contribution in [0.1, 0.15) is 59.9 Å². The van der Waals surface area contributed by atoms with Gasteiger partial charge in [0.2, 0.25) is 0 Å². The summed E-state index contributed by atoms with van der Waals surface area (Å²) in [5.41, 5.74) is 0.408. The largest absolute Gasteiger partial charge is 0.490 e. The van der Waals surface area contributed by atoms with Crippen molar-refractivity contribution in [2.45, 2.75) is 66.0 Å². The maximum Gasteiger partial charge on any atom is 0.410 e. The molecule has 2 rings (SSSR count). The van der Waals surface area contributed by atoms with Crippen molar-refractivity contribution in [3.63, 3.8) is 0 Å². The molecule has 1 aliphatic rings. The Morgan fingerprint density at radius 3 is 2.66 bits per heavy atom. The molecule has 0 aliphatic carbocycles. The number of ether oxygens (including phenoxy) is 2. The Labute approximate surface area is 179 Å². The average Bonchev–Trinajstić information content (AvgIpc) is 3.05. The molecule has 6 heteroatoms. The van der Waals surface area contributed by atoms with Crippen LogP contribution in [-0.4, -0.2) is 40.8 Å². The highest BCUT2D eigenvalue weighted by atomic mass is 35.5. The lowest BCUT2D eigenvalue weighted by molar-refractivity contribution is 0.0187. The van der Waals surface area contributed by atoms with Crippen LogP contribution in [-0.2, 0) is 4.74 Å².